The highest BCUT2D eigenvalue weighted by Gasteiger charge is 2.38. The van der Waals surface area contributed by atoms with E-state index in [-0.39, 0.29) is 6.04 Å². The largest absolute Gasteiger partial charge is 0.264 e. The number of aromatic nitrogens is 1. The van der Waals surface area contributed by atoms with Crippen LogP contribution >= 0.6 is 11.3 Å². The second-order valence-electron chi connectivity index (χ2n) is 5.22. The van der Waals surface area contributed by atoms with Crippen molar-refractivity contribution in [1.29, 1.82) is 0 Å². The van der Waals surface area contributed by atoms with Crippen LogP contribution in [0.4, 0.5) is 0 Å². The van der Waals surface area contributed by atoms with E-state index < -0.39 is 10.0 Å². The summed E-state index contributed by atoms with van der Waals surface area (Å²) in [5.41, 5.74) is 0.931. The molecule has 0 unspecified atom stereocenters. The first-order chi connectivity index (χ1) is 10.1. The molecule has 0 aromatic carbocycles. The number of nitrogens with zero attached hydrogens (tertiary/aromatic N) is 2. The summed E-state index contributed by atoms with van der Waals surface area (Å²) in [7, 11) is -3.40. The van der Waals surface area contributed by atoms with Crippen LogP contribution in [0.5, 0.6) is 0 Å². The minimum atomic E-state index is -3.40. The molecule has 1 aliphatic carbocycles. The molecule has 2 aromatic rings. The second-order valence-corrected chi connectivity index (χ2v) is 8.50. The Balaban J connectivity index is 1.89. The summed E-state index contributed by atoms with van der Waals surface area (Å²) in [4.78, 5) is 5.17. The van der Waals surface area contributed by atoms with Crippen molar-refractivity contribution in [3.8, 4) is 0 Å². The Hall–Kier alpha value is -1.24. The van der Waals surface area contributed by atoms with E-state index in [2.05, 4.69) is 4.98 Å². The zero-order valence-electron chi connectivity index (χ0n) is 11.9. The molecular weight excluding hydrogens is 304 g/mol. The molecule has 21 heavy (non-hydrogen) atoms. The fraction of sp³-hybridized carbons (Fsp3) is 0.400. The minimum Gasteiger partial charge on any atom is -0.264 e. The number of hydrogen-bond acceptors (Lipinski definition) is 4. The molecule has 4 nitrogen and oxygen atoms in total. The Morgan fingerprint density at radius 1 is 1.33 bits per heavy atom. The van der Waals surface area contributed by atoms with Crippen LogP contribution in [0.2, 0.25) is 0 Å². The molecule has 3 rings (SSSR count). The Bertz CT molecular complexity index is 706. The fourth-order valence-corrected chi connectivity index (χ4v) is 5.34. The molecule has 6 heteroatoms. The lowest BCUT2D eigenvalue weighted by molar-refractivity contribution is 0.399. The molecule has 1 saturated carbocycles. The van der Waals surface area contributed by atoms with Gasteiger partial charge < -0.3 is 0 Å². The maximum atomic E-state index is 12.9. The summed E-state index contributed by atoms with van der Waals surface area (Å²) in [5.74, 6) is 0. The van der Waals surface area contributed by atoms with Crippen LogP contribution in [0.1, 0.15) is 30.2 Å². The summed E-state index contributed by atoms with van der Waals surface area (Å²) in [6, 6.07) is 7.55. The van der Waals surface area contributed by atoms with Gasteiger partial charge in [-0.2, -0.15) is 4.31 Å². The SMILES string of the molecule is CCc1ccc(S(=O)(=O)N(Cc2cccnc2)C2CC2)s1. The molecule has 112 valence electrons. The van der Waals surface area contributed by atoms with Crippen molar-refractivity contribution in [1.82, 2.24) is 9.29 Å². The lowest BCUT2D eigenvalue weighted by Gasteiger charge is -2.20. The van der Waals surface area contributed by atoms with Gasteiger partial charge in [0.25, 0.3) is 10.0 Å². The van der Waals surface area contributed by atoms with E-state index >= 15 is 0 Å². The van der Waals surface area contributed by atoms with Gasteiger partial charge in [-0.3, -0.25) is 4.98 Å². The Morgan fingerprint density at radius 3 is 2.71 bits per heavy atom. The highest BCUT2D eigenvalue weighted by atomic mass is 32.2. The maximum Gasteiger partial charge on any atom is 0.253 e. The van der Waals surface area contributed by atoms with Gasteiger partial charge in [-0.15, -0.1) is 11.3 Å². The molecule has 0 spiro atoms. The summed E-state index contributed by atoms with van der Waals surface area (Å²) < 4.78 is 27.8. The summed E-state index contributed by atoms with van der Waals surface area (Å²) in [5, 5.41) is 0. The summed E-state index contributed by atoms with van der Waals surface area (Å²) >= 11 is 1.38. The van der Waals surface area contributed by atoms with Crippen LogP contribution in [-0.2, 0) is 23.0 Å². The third kappa shape index (κ3) is 3.17. The molecule has 0 radical (unpaired) electrons. The van der Waals surface area contributed by atoms with Gasteiger partial charge in [-0.05, 0) is 43.0 Å². The number of rotatable bonds is 6. The number of pyridine rings is 1. The van der Waals surface area contributed by atoms with E-state index in [1.54, 1.807) is 22.8 Å². The van der Waals surface area contributed by atoms with E-state index in [0.717, 1.165) is 29.7 Å². The molecule has 0 bridgehead atoms. The Kier molecular flexibility index (Phi) is 4.10. The first kappa shape index (κ1) is 14.7. The first-order valence-electron chi connectivity index (χ1n) is 7.10. The third-order valence-electron chi connectivity index (χ3n) is 3.56. The Labute approximate surface area is 129 Å². The average molecular weight is 322 g/mol. The number of aryl methyl sites for hydroxylation is 1. The van der Waals surface area contributed by atoms with Crippen molar-refractivity contribution in [3.63, 3.8) is 0 Å². The monoisotopic (exact) mass is 322 g/mol. The van der Waals surface area contributed by atoms with Crippen molar-refractivity contribution in [2.45, 2.75) is 43.0 Å². The van der Waals surface area contributed by atoms with E-state index in [1.807, 2.05) is 25.1 Å². The average Bonchev–Trinajstić information content (AvgIpc) is 3.20. The standard InChI is InChI=1S/C15H18N2O2S2/c1-2-14-7-8-15(20-14)21(18,19)17(13-5-6-13)11-12-4-3-9-16-10-12/h3-4,7-10,13H,2,5-6,11H2,1H3. The molecule has 1 fully saturated rings. The first-order valence-corrected chi connectivity index (χ1v) is 9.36. The van der Waals surface area contributed by atoms with Gasteiger partial charge in [-0.25, -0.2) is 8.42 Å². The van der Waals surface area contributed by atoms with Gasteiger partial charge in [0, 0.05) is 29.9 Å². The highest BCUT2D eigenvalue weighted by Crippen LogP contribution is 2.35. The molecule has 0 amide bonds. The normalized spacial score (nSPS) is 15.5. The molecule has 0 atom stereocenters. The van der Waals surface area contributed by atoms with Gasteiger partial charge in [0.05, 0.1) is 0 Å². The topological polar surface area (TPSA) is 50.3 Å². The summed E-state index contributed by atoms with van der Waals surface area (Å²) in [6.07, 6.45) is 6.20. The smallest absolute Gasteiger partial charge is 0.253 e. The van der Waals surface area contributed by atoms with Crippen molar-refractivity contribution in [2.24, 2.45) is 0 Å². The number of thiophene rings is 1. The van der Waals surface area contributed by atoms with Gasteiger partial charge in [0.15, 0.2) is 0 Å². The van der Waals surface area contributed by atoms with Gasteiger partial charge in [0.2, 0.25) is 0 Å². The number of sulfonamides is 1. The summed E-state index contributed by atoms with van der Waals surface area (Å²) in [6.45, 7) is 2.44. The number of hydrogen-bond donors (Lipinski definition) is 0. The van der Waals surface area contributed by atoms with Gasteiger partial charge in [-0.1, -0.05) is 13.0 Å². The fourth-order valence-electron chi connectivity index (χ4n) is 2.25. The zero-order chi connectivity index (χ0) is 14.9. The predicted octanol–water partition coefficient (Wildman–Crippen LogP) is 3.06. The molecule has 0 N–H and O–H groups in total. The van der Waals surface area contributed by atoms with Crippen LogP contribution in [0.3, 0.4) is 0 Å². The second kappa shape index (κ2) is 5.87. The molecule has 2 aromatic heterocycles. The van der Waals surface area contributed by atoms with Gasteiger partial charge >= 0.3 is 0 Å². The quantitative estimate of drug-likeness (QED) is 0.821. The highest BCUT2D eigenvalue weighted by molar-refractivity contribution is 7.91. The third-order valence-corrected chi connectivity index (χ3v) is 7.16. The zero-order valence-corrected chi connectivity index (χ0v) is 13.5. The van der Waals surface area contributed by atoms with Crippen LogP contribution in [0.25, 0.3) is 0 Å². The van der Waals surface area contributed by atoms with Crippen LogP contribution in [0, 0.1) is 0 Å². The van der Waals surface area contributed by atoms with E-state index in [4.69, 9.17) is 0 Å². The molecule has 0 saturated heterocycles. The molecule has 0 aliphatic heterocycles. The van der Waals surface area contributed by atoms with E-state index in [1.165, 1.54) is 11.3 Å². The maximum absolute atomic E-state index is 12.9. The van der Waals surface area contributed by atoms with Crippen molar-refractivity contribution in [2.75, 3.05) is 0 Å². The lowest BCUT2D eigenvalue weighted by Crippen LogP contribution is -2.32. The van der Waals surface area contributed by atoms with Crippen LogP contribution in [-0.4, -0.2) is 23.7 Å². The van der Waals surface area contributed by atoms with Crippen molar-refractivity contribution in [3.05, 3.63) is 47.1 Å². The van der Waals surface area contributed by atoms with Gasteiger partial charge in [0.1, 0.15) is 4.21 Å². The predicted molar refractivity (Wildman–Crippen MR) is 83.7 cm³/mol. The van der Waals surface area contributed by atoms with Crippen molar-refractivity contribution >= 4 is 21.4 Å². The van der Waals surface area contributed by atoms with E-state index in [0.29, 0.717) is 10.8 Å². The minimum absolute atomic E-state index is 0.141. The molecule has 1 aliphatic rings. The van der Waals surface area contributed by atoms with Crippen molar-refractivity contribution < 1.29 is 8.42 Å². The van der Waals surface area contributed by atoms with Crippen LogP contribution < -0.4 is 0 Å². The lowest BCUT2D eigenvalue weighted by atomic mass is 10.3. The Morgan fingerprint density at radius 2 is 2.14 bits per heavy atom. The molecule has 2 heterocycles. The van der Waals surface area contributed by atoms with E-state index in [9.17, 15) is 8.42 Å². The van der Waals surface area contributed by atoms with Crippen LogP contribution in [0.15, 0.2) is 40.9 Å². The molecular formula is C15H18N2O2S2.